The summed E-state index contributed by atoms with van der Waals surface area (Å²) in [7, 11) is 0. The molecule has 1 aromatic rings. The van der Waals surface area contributed by atoms with E-state index in [9.17, 15) is 4.79 Å². The number of carbonyl (C=O) groups is 1. The maximum absolute atomic E-state index is 11.5. The number of ether oxygens (including phenoxy) is 1. The first-order valence-corrected chi connectivity index (χ1v) is 5.63. The number of carbonyl (C=O) groups excluding carboxylic acids is 1. The lowest BCUT2D eigenvalue weighted by atomic mass is 10.1. The Hall–Kier alpha value is -1.55. The first kappa shape index (κ1) is 13.5. The van der Waals surface area contributed by atoms with E-state index >= 15 is 0 Å². The molecule has 0 saturated heterocycles. The van der Waals surface area contributed by atoms with Crippen LogP contribution in [0.3, 0.4) is 0 Å². The highest BCUT2D eigenvalue weighted by atomic mass is 16.6. The molecular formula is C13H20N2O2. The van der Waals surface area contributed by atoms with E-state index in [-0.39, 0.29) is 6.04 Å². The van der Waals surface area contributed by atoms with Crippen molar-refractivity contribution in [1.82, 2.24) is 0 Å². The molecule has 1 atom stereocenters. The lowest BCUT2D eigenvalue weighted by Crippen LogP contribution is -2.27. The van der Waals surface area contributed by atoms with Gasteiger partial charge in [-0.1, -0.05) is 12.1 Å². The summed E-state index contributed by atoms with van der Waals surface area (Å²) in [5.41, 5.74) is 6.97. The minimum Gasteiger partial charge on any atom is -0.444 e. The van der Waals surface area contributed by atoms with Gasteiger partial charge in [0.2, 0.25) is 0 Å². The third-order valence-electron chi connectivity index (χ3n) is 2.08. The van der Waals surface area contributed by atoms with Gasteiger partial charge in [0.15, 0.2) is 0 Å². The van der Waals surface area contributed by atoms with E-state index in [1.165, 1.54) is 0 Å². The molecule has 0 aliphatic heterocycles. The number of hydrogen-bond acceptors (Lipinski definition) is 3. The fraction of sp³-hybridized carbons (Fsp3) is 0.462. The lowest BCUT2D eigenvalue weighted by Gasteiger charge is -2.19. The third-order valence-corrected chi connectivity index (χ3v) is 2.08. The average molecular weight is 236 g/mol. The van der Waals surface area contributed by atoms with Crippen molar-refractivity contribution in [2.45, 2.75) is 39.3 Å². The smallest absolute Gasteiger partial charge is 0.412 e. The van der Waals surface area contributed by atoms with E-state index in [1.807, 2.05) is 52.0 Å². The molecule has 0 aliphatic rings. The molecule has 0 bridgehead atoms. The second-order valence-electron chi connectivity index (χ2n) is 5.04. The van der Waals surface area contributed by atoms with Gasteiger partial charge in [-0.2, -0.15) is 0 Å². The highest BCUT2D eigenvalue weighted by Gasteiger charge is 2.16. The van der Waals surface area contributed by atoms with Gasteiger partial charge in [0, 0.05) is 11.7 Å². The summed E-state index contributed by atoms with van der Waals surface area (Å²) >= 11 is 0. The molecule has 0 spiro atoms. The first-order valence-electron chi connectivity index (χ1n) is 5.63. The zero-order valence-electron chi connectivity index (χ0n) is 10.8. The van der Waals surface area contributed by atoms with Crippen molar-refractivity contribution >= 4 is 11.8 Å². The van der Waals surface area contributed by atoms with Gasteiger partial charge >= 0.3 is 6.09 Å². The zero-order valence-corrected chi connectivity index (χ0v) is 10.8. The summed E-state index contributed by atoms with van der Waals surface area (Å²) < 4.78 is 5.14. The molecule has 4 nitrogen and oxygen atoms in total. The van der Waals surface area contributed by atoms with Crippen molar-refractivity contribution in [3.8, 4) is 0 Å². The monoisotopic (exact) mass is 236 g/mol. The van der Waals surface area contributed by atoms with Crippen LogP contribution >= 0.6 is 0 Å². The van der Waals surface area contributed by atoms with Gasteiger partial charge in [-0.3, -0.25) is 5.32 Å². The van der Waals surface area contributed by atoms with Crippen LogP contribution in [0.5, 0.6) is 0 Å². The number of nitrogens with two attached hydrogens (primary N) is 1. The van der Waals surface area contributed by atoms with E-state index in [4.69, 9.17) is 10.5 Å². The van der Waals surface area contributed by atoms with E-state index in [1.54, 1.807) is 0 Å². The molecule has 0 saturated carbocycles. The summed E-state index contributed by atoms with van der Waals surface area (Å²) in [5.74, 6) is 0. The minimum absolute atomic E-state index is 0.00873. The van der Waals surface area contributed by atoms with Gasteiger partial charge in [-0.15, -0.1) is 0 Å². The number of anilines is 1. The standard InChI is InChI=1S/C13H20N2O2/c1-9(14)10-5-7-11(8-6-10)15-12(16)17-13(2,3)4/h5-9H,14H2,1-4H3,(H,15,16)/t9-/m0/s1. The number of rotatable bonds is 2. The zero-order chi connectivity index (χ0) is 13.1. The molecule has 0 fully saturated rings. The normalized spacial score (nSPS) is 13.0. The van der Waals surface area contributed by atoms with Crippen LogP contribution in [-0.2, 0) is 4.74 Å². The number of benzene rings is 1. The lowest BCUT2D eigenvalue weighted by molar-refractivity contribution is 0.0636. The van der Waals surface area contributed by atoms with Crippen LogP contribution in [0, 0.1) is 0 Å². The molecule has 0 radical (unpaired) electrons. The van der Waals surface area contributed by atoms with Gasteiger partial charge in [0.05, 0.1) is 0 Å². The molecule has 3 N–H and O–H groups in total. The predicted molar refractivity (Wildman–Crippen MR) is 68.9 cm³/mol. The quantitative estimate of drug-likeness (QED) is 0.829. The number of hydrogen-bond donors (Lipinski definition) is 2. The maximum atomic E-state index is 11.5. The van der Waals surface area contributed by atoms with Crippen LogP contribution in [0.1, 0.15) is 39.3 Å². The van der Waals surface area contributed by atoms with Crippen molar-refractivity contribution < 1.29 is 9.53 Å². The Morgan fingerprint density at radius 1 is 1.29 bits per heavy atom. The number of amides is 1. The van der Waals surface area contributed by atoms with E-state index < -0.39 is 11.7 Å². The second kappa shape index (κ2) is 5.19. The molecule has 94 valence electrons. The fourth-order valence-corrected chi connectivity index (χ4v) is 1.29. The summed E-state index contributed by atoms with van der Waals surface area (Å²) in [6.07, 6.45) is -0.453. The Kier molecular flexibility index (Phi) is 4.12. The largest absolute Gasteiger partial charge is 0.444 e. The predicted octanol–water partition coefficient (Wildman–Crippen LogP) is 3.05. The summed E-state index contributed by atoms with van der Waals surface area (Å²) in [5, 5.41) is 2.66. The van der Waals surface area contributed by atoms with Crippen LogP contribution in [0.2, 0.25) is 0 Å². The second-order valence-corrected chi connectivity index (χ2v) is 5.04. The highest BCUT2D eigenvalue weighted by molar-refractivity contribution is 5.84. The van der Waals surface area contributed by atoms with Crippen molar-refractivity contribution in [2.24, 2.45) is 5.73 Å². The number of nitrogens with one attached hydrogen (secondary N) is 1. The summed E-state index contributed by atoms with van der Waals surface area (Å²) in [6.45, 7) is 7.39. The fourth-order valence-electron chi connectivity index (χ4n) is 1.29. The van der Waals surface area contributed by atoms with Gasteiger partial charge in [0.25, 0.3) is 0 Å². The SMILES string of the molecule is C[C@H](N)c1ccc(NC(=O)OC(C)(C)C)cc1. The molecule has 0 heterocycles. The average Bonchev–Trinajstić information content (AvgIpc) is 2.15. The van der Waals surface area contributed by atoms with Gasteiger partial charge in [0.1, 0.15) is 5.60 Å². The molecule has 0 unspecified atom stereocenters. The summed E-state index contributed by atoms with van der Waals surface area (Å²) in [4.78, 5) is 11.5. The minimum atomic E-state index is -0.490. The molecule has 0 aliphatic carbocycles. The molecule has 17 heavy (non-hydrogen) atoms. The van der Waals surface area contributed by atoms with Crippen LogP contribution < -0.4 is 11.1 Å². The van der Waals surface area contributed by atoms with E-state index in [0.717, 1.165) is 5.56 Å². The van der Waals surface area contributed by atoms with E-state index in [2.05, 4.69) is 5.32 Å². The molecule has 1 rings (SSSR count). The summed E-state index contributed by atoms with van der Waals surface area (Å²) in [6, 6.07) is 7.38. The Bertz CT molecular complexity index is 377. The molecule has 1 aromatic carbocycles. The van der Waals surface area contributed by atoms with Crippen molar-refractivity contribution in [1.29, 1.82) is 0 Å². The van der Waals surface area contributed by atoms with Gasteiger partial charge < -0.3 is 10.5 Å². The molecule has 4 heteroatoms. The Morgan fingerprint density at radius 3 is 2.24 bits per heavy atom. The first-order chi connectivity index (χ1) is 7.78. The van der Waals surface area contributed by atoms with E-state index in [0.29, 0.717) is 5.69 Å². The van der Waals surface area contributed by atoms with Gasteiger partial charge in [-0.05, 0) is 45.4 Å². The Labute approximate surface area is 102 Å². The molecular weight excluding hydrogens is 216 g/mol. The topological polar surface area (TPSA) is 64.3 Å². The van der Waals surface area contributed by atoms with Crippen molar-refractivity contribution in [2.75, 3.05) is 5.32 Å². The third kappa shape index (κ3) is 4.87. The van der Waals surface area contributed by atoms with Crippen LogP contribution in [0.15, 0.2) is 24.3 Å². The van der Waals surface area contributed by atoms with Crippen LogP contribution in [-0.4, -0.2) is 11.7 Å². The van der Waals surface area contributed by atoms with Crippen LogP contribution in [0.4, 0.5) is 10.5 Å². The Morgan fingerprint density at radius 2 is 1.82 bits per heavy atom. The molecule has 0 aromatic heterocycles. The maximum Gasteiger partial charge on any atom is 0.412 e. The van der Waals surface area contributed by atoms with Crippen molar-refractivity contribution in [3.63, 3.8) is 0 Å². The molecule has 1 amide bonds. The highest BCUT2D eigenvalue weighted by Crippen LogP contribution is 2.15. The Balaban J connectivity index is 2.61. The van der Waals surface area contributed by atoms with Crippen LogP contribution in [0.25, 0.3) is 0 Å². The van der Waals surface area contributed by atoms with Crippen molar-refractivity contribution in [3.05, 3.63) is 29.8 Å². The van der Waals surface area contributed by atoms with Gasteiger partial charge in [-0.25, -0.2) is 4.79 Å².